The highest BCUT2D eigenvalue weighted by Gasteiger charge is 2.10. The summed E-state index contributed by atoms with van der Waals surface area (Å²) in [4.78, 5) is 0. The molecule has 5 heteroatoms. The first-order valence-corrected chi connectivity index (χ1v) is 5.34. The highest BCUT2D eigenvalue weighted by Crippen LogP contribution is 2.26. The van der Waals surface area contributed by atoms with Crippen LogP contribution in [0, 0.1) is 5.82 Å². The summed E-state index contributed by atoms with van der Waals surface area (Å²) in [5.74, 6) is 0.639. The molecule has 0 radical (unpaired) electrons. The minimum absolute atomic E-state index is 0.367. The largest absolute Gasteiger partial charge is 0.494 e. The van der Waals surface area contributed by atoms with E-state index in [2.05, 4.69) is 5.10 Å². The van der Waals surface area contributed by atoms with E-state index in [4.69, 9.17) is 10.5 Å². The summed E-state index contributed by atoms with van der Waals surface area (Å²) >= 11 is 0. The summed E-state index contributed by atoms with van der Waals surface area (Å²) in [7, 11) is 1.71. The number of hydrogen-bond acceptors (Lipinski definition) is 3. The van der Waals surface area contributed by atoms with E-state index in [1.165, 1.54) is 10.7 Å². The van der Waals surface area contributed by atoms with Crippen molar-refractivity contribution in [3.05, 3.63) is 30.1 Å². The molecule has 1 heterocycles. The van der Waals surface area contributed by atoms with E-state index in [9.17, 15) is 4.39 Å². The molecular formula is C12H14FN3O. The van der Waals surface area contributed by atoms with Crippen LogP contribution < -0.4 is 10.5 Å². The quantitative estimate of drug-likeness (QED) is 0.887. The highest BCUT2D eigenvalue weighted by atomic mass is 19.1. The first-order chi connectivity index (χ1) is 8.11. The summed E-state index contributed by atoms with van der Waals surface area (Å²) in [5.41, 5.74) is 6.60. The number of anilines is 1. The van der Waals surface area contributed by atoms with Crippen molar-refractivity contribution < 1.29 is 9.13 Å². The van der Waals surface area contributed by atoms with E-state index in [0.29, 0.717) is 29.4 Å². The number of aryl methyl sites for hydroxylation is 1. The van der Waals surface area contributed by atoms with Gasteiger partial charge in [-0.15, -0.1) is 0 Å². The normalized spacial score (nSPS) is 10.5. The van der Waals surface area contributed by atoms with Crippen LogP contribution in [0.3, 0.4) is 0 Å². The Bertz CT molecular complexity index is 517. The maximum absolute atomic E-state index is 13.8. The van der Waals surface area contributed by atoms with Crippen LogP contribution in [-0.4, -0.2) is 16.4 Å². The number of nitrogens with zero attached hydrogens (tertiary/aromatic N) is 2. The predicted molar refractivity (Wildman–Crippen MR) is 64.2 cm³/mol. The molecule has 17 heavy (non-hydrogen) atoms. The van der Waals surface area contributed by atoms with Crippen molar-refractivity contribution in [3.63, 3.8) is 0 Å². The minimum atomic E-state index is -0.367. The number of halogens is 1. The molecule has 4 nitrogen and oxygen atoms in total. The van der Waals surface area contributed by atoms with Gasteiger partial charge in [0.2, 0.25) is 0 Å². The van der Waals surface area contributed by atoms with Crippen LogP contribution in [0.25, 0.3) is 11.3 Å². The lowest BCUT2D eigenvalue weighted by Crippen LogP contribution is -1.97. The van der Waals surface area contributed by atoms with Gasteiger partial charge in [-0.05, 0) is 19.1 Å². The Morgan fingerprint density at radius 2 is 2.18 bits per heavy atom. The topological polar surface area (TPSA) is 53.1 Å². The van der Waals surface area contributed by atoms with Crippen LogP contribution in [0.5, 0.6) is 5.75 Å². The molecule has 90 valence electrons. The average Bonchev–Trinajstić information content (AvgIpc) is 2.59. The Balaban J connectivity index is 2.39. The second-order valence-corrected chi connectivity index (χ2v) is 3.65. The molecule has 0 aliphatic heterocycles. The highest BCUT2D eigenvalue weighted by molar-refractivity contribution is 5.63. The van der Waals surface area contributed by atoms with Gasteiger partial charge < -0.3 is 10.5 Å². The van der Waals surface area contributed by atoms with E-state index >= 15 is 0 Å². The zero-order valence-electron chi connectivity index (χ0n) is 9.77. The van der Waals surface area contributed by atoms with Gasteiger partial charge in [0, 0.05) is 24.7 Å². The van der Waals surface area contributed by atoms with Crippen molar-refractivity contribution in [2.24, 2.45) is 7.05 Å². The van der Waals surface area contributed by atoms with E-state index in [-0.39, 0.29) is 5.82 Å². The Labute approximate surface area is 98.8 Å². The second-order valence-electron chi connectivity index (χ2n) is 3.65. The molecule has 0 fully saturated rings. The zero-order valence-corrected chi connectivity index (χ0v) is 9.77. The molecule has 2 N–H and O–H groups in total. The van der Waals surface area contributed by atoms with Gasteiger partial charge in [-0.3, -0.25) is 4.68 Å². The van der Waals surface area contributed by atoms with E-state index in [1.807, 2.05) is 6.92 Å². The van der Waals surface area contributed by atoms with Gasteiger partial charge in [0.1, 0.15) is 17.4 Å². The monoisotopic (exact) mass is 235 g/mol. The molecule has 2 aromatic rings. The van der Waals surface area contributed by atoms with Gasteiger partial charge in [0.15, 0.2) is 0 Å². The molecule has 0 amide bonds. The number of ether oxygens (including phenoxy) is 1. The van der Waals surface area contributed by atoms with Crippen LogP contribution in [0.1, 0.15) is 6.92 Å². The zero-order chi connectivity index (χ0) is 12.4. The fourth-order valence-corrected chi connectivity index (χ4v) is 1.57. The summed E-state index contributed by atoms with van der Waals surface area (Å²) in [6.45, 7) is 2.36. The number of nitrogens with two attached hydrogens (primary N) is 1. The van der Waals surface area contributed by atoms with Crippen molar-refractivity contribution in [1.82, 2.24) is 9.78 Å². The molecular weight excluding hydrogens is 221 g/mol. The molecule has 0 aliphatic rings. The van der Waals surface area contributed by atoms with Crippen molar-refractivity contribution in [1.29, 1.82) is 0 Å². The maximum Gasteiger partial charge on any atom is 0.136 e. The molecule has 0 aliphatic carbocycles. The first kappa shape index (κ1) is 11.4. The number of rotatable bonds is 3. The maximum atomic E-state index is 13.8. The average molecular weight is 235 g/mol. The summed E-state index contributed by atoms with van der Waals surface area (Å²) in [6.07, 6.45) is 0. The van der Waals surface area contributed by atoms with Crippen molar-refractivity contribution in [3.8, 4) is 17.0 Å². The summed E-state index contributed by atoms with van der Waals surface area (Å²) < 4.78 is 20.6. The summed E-state index contributed by atoms with van der Waals surface area (Å²) in [6, 6.07) is 6.34. The Morgan fingerprint density at radius 1 is 1.41 bits per heavy atom. The molecule has 0 saturated heterocycles. The number of hydrogen-bond donors (Lipinski definition) is 1. The van der Waals surface area contributed by atoms with E-state index < -0.39 is 0 Å². The first-order valence-electron chi connectivity index (χ1n) is 5.34. The number of aromatic nitrogens is 2. The van der Waals surface area contributed by atoms with E-state index in [0.717, 1.165) is 0 Å². The Kier molecular flexibility index (Phi) is 2.99. The predicted octanol–water partition coefficient (Wildman–Crippen LogP) is 2.21. The van der Waals surface area contributed by atoms with Gasteiger partial charge in [-0.1, -0.05) is 0 Å². The van der Waals surface area contributed by atoms with Gasteiger partial charge >= 0.3 is 0 Å². The Morgan fingerprint density at radius 3 is 2.71 bits per heavy atom. The molecule has 2 rings (SSSR count). The van der Waals surface area contributed by atoms with Gasteiger partial charge in [-0.2, -0.15) is 5.10 Å². The van der Waals surface area contributed by atoms with Crippen LogP contribution in [-0.2, 0) is 7.05 Å². The van der Waals surface area contributed by atoms with Crippen molar-refractivity contribution in [2.45, 2.75) is 6.92 Å². The van der Waals surface area contributed by atoms with Gasteiger partial charge in [-0.25, -0.2) is 4.39 Å². The van der Waals surface area contributed by atoms with Gasteiger partial charge in [0.25, 0.3) is 0 Å². The molecule has 0 saturated carbocycles. The lowest BCUT2D eigenvalue weighted by atomic mass is 10.1. The standard InChI is InChI=1S/C12H14FN3O/c1-3-17-8-4-5-9(10(13)6-8)11-7-12(14)16(2)15-11/h4-7H,3,14H2,1-2H3. The molecule has 1 aromatic heterocycles. The fourth-order valence-electron chi connectivity index (χ4n) is 1.57. The number of benzene rings is 1. The minimum Gasteiger partial charge on any atom is -0.494 e. The smallest absolute Gasteiger partial charge is 0.136 e. The Hall–Kier alpha value is -2.04. The fraction of sp³-hybridized carbons (Fsp3) is 0.250. The SMILES string of the molecule is CCOc1ccc(-c2cc(N)n(C)n2)c(F)c1. The van der Waals surface area contributed by atoms with Crippen LogP contribution in [0.15, 0.2) is 24.3 Å². The summed E-state index contributed by atoms with van der Waals surface area (Å²) in [5, 5.41) is 4.13. The third-order valence-electron chi connectivity index (χ3n) is 2.44. The third kappa shape index (κ3) is 2.22. The molecule has 1 aromatic carbocycles. The molecule has 0 unspecified atom stereocenters. The lowest BCUT2D eigenvalue weighted by molar-refractivity contribution is 0.338. The second kappa shape index (κ2) is 4.45. The van der Waals surface area contributed by atoms with Crippen LogP contribution >= 0.6 is 0 Å². The van der Waals surface area contributed by atoms with E-state index in [1.54, 1.807) is 25.2 Å². The molecule has 0 atom stereocenters. The number of nitrogen functional groups attached to an aromatic ring is 1. The molecule has 0 bridgehead atoms. The van der Waals surface area contributed by atoms with Crippen molar-refractivity contribution in [2.75, 3.05) is 12.3 Å². The third-order valence-corrected chi connectivity index (χ3v) is 2.44. The van der Waals surface area contributed by atoms with Crippen molar-refractivity contribution >= 4 is 5.82 Å². The van der Waals surface area contributed by atoms with Gasteiger partial charge in [0.05, 0.1) is 12.3 Å². The van der Waals surface area contributed by atoms with Crippen LogP contribution in [0.2, 0.25) is 0 Å². The lowest BCUT2D eigenvalue weighted by Gasteiger charge is -2.04. The van der Waals surface area contributed by atoms with Crippen LogP contribution in [0.4, 0.5) is 10.2 Å². The molecule has 0 spiro atoms.